The van der Waals surface area contributed by atoms with Gasteiger partial charge >= 0.3 is 0 Å². The number of fused-ring (bicyclic) bond motifs is 1. The maximum Gasteiger partial charge on any atom is 0.176 e. The molecule has 3 nitrogen and oxygen atoms in total. The Labute approximate surface area is 131 Å². The van der Waals surface area contributed by atoms with Crippen LogP contribution < -0.4 is 4.74 Å². The summed E-state index contributed by atoms with van der Waals surface area (Å²) in [5.74, 6) is 0.585. The lowest BCUT2D eigenvalue weighted by Crippen LogP contribution is -1.96. The Kier molecular flexibility index (Phi) is 4.30. The number of benzene rings is 3. The molecule has 0 N–H and O–H groups in total. The maximum atomic E-state index is 12.6. The van der Waals surface area contributed by atoms with Gasteiger partial charge in [0, 0.05) is 11.6 Å². The molecule has 0 saturated heterocycles. The molecule has 0 saturated carbocycles. The van der Waals surface area contributed by atoms with Crippen molar-refractivity contribution in [2.24, 2.45) is 4.40 Å². The third-order valence-corrected chi connectivity index (χ3v) is 4.40. The van der Waals surface area contributed by atoms with Crippen LogP contribution in [0.25, 0.3) is 10.8 Å². The van der Waals surface area contributed by atoms with Crippen molar-refractivity contribution in [2.45, 2.75) is 4.90 Å². The Morgan fingerprint density at radius 1 is 0.955 bits per heavy atom. The highest BCUT2D eigenvalue weighted by Gasteiger charge is 2.14. The van der Waals surface area contributed by atoms with Gasteiger partial charge < -0.3 is 4.74 Å². The van der Waals surface area contributed by atoms with Crippen molar-refractivity contribution in [1.82, 2.24) is 0 Å². The first-order valence-electron chi connectivity index (χ1n) is 6.86. The van der Waals surface area contributed by atoms with Gasteiger partial charge in [-0.25, -0.2) is 4.21 Å². The largest absolute Gasteiger partial charge is 0.495 e. The van der Waals surface area contributed by atoms with Gasteiger partial charge in [0.25, 0.3) is 0 Å². The predicted molar refractivity (Wildman–Crippen MR) is 90.9 cm³/mol. The fourth-order valence-electron chi connectivity index (χ4n) is 2.26. The monoisotopic (exact) mass is 309 g/mol. The minimum atomic E-state index is -1.53. The smallest absolute Gasteiger partial charge is 0.176 e. The second-order valence-electron chi connectivity index (χ2n) is 4.71. The van der Waals surface area contributed by atoms with Crippen molar-refractivity contribution in [3.8, 4) is 5.75 Å². The number of nitrogens with zero attached hydrogens (tertiary/aromatic N) is 1. The molecule has 3 rings (SSSR count). The molecule has 0 bridgehead atoms. The zero-order valence-electron chi connectivity index (χ0n) is 12.1. The van der Waals surface area contributed by atoms with Crippen molar-refractivity contribution in [1.29, 1.82) is 0 Å². The van der Waals surface area contributed by atoms with Crippen LogP contribution in [-0.4, -0.2) is 17.5 Å². The van der Waals surface area contributed by atoms with Crippen LogP contribution in [0.15, 0.2) is 76.0 Å². The molecule has 22 heavy (non-hydrogen) atoms. The Hall–Kier alpha value is -2.46. The van der Waals surface area contributed by atoms with E-state index in [4.69, 9.17) is 4.74 Å². The molecule has 0 heterocycles. The van der Waals surface area contributed by atoms with Crippen molar-refractivity contribution >= 4 is 28.0 Å². The summed E-state index contributed by atoms with van der Waals surface area (Å²) in [6, 6.07) is 21.2. The van der Waals surface area contributed by atoms with Crippen LogP contribution >= 0.6 is 0 Å². The number of methoxy groups -OCH3 is 1. The van der Waals surface area contributed by atoms with Crippen LogP contribution in [0.4, 0.5) is 0 Å². The van der Waals surface area contributed by atoms with Gasteiger partial charge in [-0.15, -0.1) is 0 Å². The molecule has 0 aliphatic rings. The van der Waals surface area contributed by atoms with Crippen molar-refractivity contribution in [3.05, 3.63) is 72.3 Å². The van der Waals surface area contributed by atoms with Crippen LogP contribution in [0, 0.1) is 0 Å². The minimum absolute atomic E-state index is 0.585. The molecule has 1 atom stereocenters. The third-order valence-electron chi connectivity index (χ3n) is 3.34. The summed E-state index contributed by atoms with van der Waals surface area (Å²) in [5, 5.41) is 1.91. The number of ether oxygens (including phenoxy) is 1. The molecule has 4 heteroatoms. The van der Waals surface area contributed by atoms with Crippen LogP contribution in [0.1, 0.15) is 5.56 Å². The molecule has 0 radical (unpaired) electrons. The van der Waals surface area contributed by atoms with E-state index in [-0.39, 0.29) is 0 Å². The molecule has 0 aromatic heterocycles. The summed E-state index contributed by atoms with van der Waals surface area (Å²) in [6.07, 6.45) is 1.62. The molecule has 0 unspecified atom stereocenters. The van der Waals surface area contributed by atoms with E-state index in [1.807, 2.05) is 66.7 Å². The van der Waals surface area contributed by atoms with E-state index in [1.165, 1.54) is 0 Å². The first-order chi connectivity index (χ1) is 10.8. The lowest BCUT2D eigenvalue weighted by molar-refractivity contribution is 0.405. The lowest BCUT2D eigenvalue weighted by atomic mass is 10.1. The summed E-state index contributed by atoms with van der Waals surface area (Å²) in [6.45, 7) is 0. The van der Waals surface area contributed by atoms with E-state index in [1.54, 1.807) is 13.3 Å². The number of hydrogen-bond acceptors (Lipinski definition) is 2. The first kappa shape index (κ1) is 14.5. The topological polar surface area (TPSA) is 38.7 Å². The molecule has 0 amide bonds. The SMILES string of the molecule is COc1ccc2ccccc2c1[S@](=O)/N=C/c1ccccc1. The fourth-order valence-corrected chi connectivity index (χ4v) is 3.28. The van der Waals surface area contributed by atoms with E-state index in [9.17, 15) is 4.21 Å². The van der Waals surface area contributed by atoms with Gasteiger partial charge in [-0.2, -0.15) is 4.40 Å². The summed E-state index contributed by atoms with van der Waals surface area (Å²) in [4.78, 5) is 0.604. The van der Waals surface area contributed by atoms with Crippen LogP contribution in [-0.2, 0) is 11.0 Å². The van der Waals surface area contributed by atoms with Crippen LogP contribution in [0.2, 0.25) is 0 Å². The normalized spacial score (nSPS) is 12.6. The predicted octanol–water partition coefficient (Wildman–Crippen LogP) is 3.99. The minimum Gasteiger partial charge on any atom is -0.495 e. The Balaban J connectivity index is 2.05. The van der Waals surface area contributed by atoms with Gasteiger partial charge in [-0.1, -0.05) is 60.7 Å². The van der Waals surface area contributed by atoms with Gasteiger partial charge in [-0.05, 0) is 17.0 Å². The van der Waals surface area contributed by atoms with Crippen LogP contribution in [0.5, 0.6) is 5.75 Å². The third kappa shape index (κ3) is 2.92. The summed E-state index contributed by atoms with van der Waals surface area (Å²) in [5.41, 5.74) is 0.912. The fraction of sp³-hybridized carbons (Fsp3) is 0.0556. The van der Waals surface area contributed by atoms with Gasteiger partial charge in [0.05, 0.1) is 7.11 Å². The summed E-state index contributed by atoms with van der Waals surface area (Å²) < 4.78 is 22.2. The van der Waals surface area contributed by atoms with Crippen LogP contribution in [0.3, 0.4) is 0 Å². The number of hydrogen-bond donors (Lipinski definition) is 0. The van der Waals surface area contributed by atoms with Crippen molar-refractivity contribution in [2.75, 3.05) is 7.11 Å². The van der Waals surface area contributed by atoms with Gasteiger partial charge in [0.1, 0.15) is 10.6 Å². The Bertz CT molecular complexity index is 844. The van der Waals surface area contributed by atoms with Crippen molar-refractivity contribution in [3.63, 3.8) is 0 Å². The molecular weight excluding hydrogens is 294 g/mol. The van der Waals surface area contributed by atoms with E-state index >= 15 is 0 Å². The molecule has 3 aromatic rings. The first-order valence-corrected chi connectivity index (χ1v) is 7.97. The molecular formula is C18H15NO2S. The standard InChI is InChI=1S/C18H15NO2S/c1-21-17-12-11-15-9-5-6-10-16(15)18(17)22(20)19-13-14-7-3-2-4-8-14/h2-13H,1H3/b19-13+/t22-/m0/s1. The second kappa shape index (κ2) is 6.54. The zero-order valence-corrected chi connectivity index (χ0v) is 12.9. The highest BCUT2D eigenvalue weighted by Crippen LogP contribution is 2.31. The average molecular weight is 309 g/mol. The summed E-state index contributed by atoms with van der Waals surface area (Å²) in [7, 11) is 0.0497. The zero-order chi connectivity index (χ0) is 15.4. The Morgan fingerprint density at radius 2 is 1.68 bits per heavy atom. The average Bonchev–Trinajstić information content (AvgIpc) is 2.59. The van der Waals surface area contributed by atoms with Gasteiger partial charge in [-0.3, -0.25) is 0 Å². The van der Waals surface area contributed by atoms with Gasteiger partial charge in [0.2, 0.25) is 0 Å². The highest BCUT2D eigenvalue weighted by atomic mass is 32.2. The summed E-state index contributed by atoms with van der Waals surface area (Å²) >= 11 is 0. The quantitative estimate of drug-likeness (QED) is 0.684. The van der Waals surface area contributed by atoms with Gasteiger partial charge in [0.15, 0.2) is 11.0 Å². The van der Waals surface area contributed by atoms with E-state index in [2.05, 4.69) is 4.40 Å². The molecule has 0 fully saturated rings. The van der Waals surface area contributed by atoms with E-state index in [0.717, 1.165) is 16.3 Å². The molecule has 3 aromatic carbocycles. The molecule has 110 valence electrons. The number of rotatable bonds is 4. The van der Waals surface area contributed by atoms with E-state index < -0.39 is 11.0 Å². The molecule has 0 aliphatic heterocycles. The van der Waals surface area contributed by atoms with Crippen molar-refractivity contribution < 1.29 is 8.95 Å². The molecule has 0 aliphatic carbocycles. The lowest BCUT2D eigenvalue weighted by Gasteiger charge is -2.09. The van der Waals surface area contributed by atoms with E-state index in [0.29, 0.717) is 10.6 Å². The maximum absolute atomic E-state index is 12.6. The highest BCUT2D eigenvalue weighted by molar-refractivity contribution is 7.84. The Morgan fingerprint density at radius 3 is 2.45 bits per heavy atom. The molecule has 0 spiro atoms. The second-order valence-corrected chi connectivity index (χ2v) is 5.83.